The zero-order valence-electron chi connectivity index (χ0n) is 13.2. The van der Waals surface area contributed by atoms with Crippen molar-refractivity contribution in [2.75, 3.05) is 37.4 Å². The summed E-state index contributed by atoms with van der Waals surface area (Å²) in [4.78, 5) is 14.8. The highest BCUT2D eigenvalue weighted by Gasteiger charge is 2.24. The maximum atomic E-state index is 12.1. The number of ether oxygens (including phenoxy) is 1. The van der Waals surface area contributed by atoms with Gasteiger partial charge in [0.2, 0.25) is 0 Å². The number of carbonyl (C=O) groups excluding carboxylic acids is 1. The van der Waals surface area contributed by atoms with Crippen LogP contribution >= 0.6 is 11.3 Å². The summed E-state index contributed by atoms with van der Waals surface area (Å²) in [5.41, 5.74) is 6.49. The molecule has 0 saturated heterocycles. The van der Waals surface area contributed by atoms with Gasteiger partial charge in [-0.05, 0) is 12.8 Å². The summed E-state index contributed by atoms with van der Waals surface area (Å²) in [6, 6.07) is 0. The molecule has 1 rings (SSSR count). The SMILES string of the molecule is C=CCNC(=O)c1sc(N(CC)CC(C)C)c(OC)c1N. The predicted octanol–water partition coefficient (Wildman–Crippen LogP) is 2.74. The van der Waals surface area contributed by atoms with E-state index in [-0.39, 0.29) is 5.91 Å². The lowest BCUT2D eigenvalue weighted by Crippen LogP contribution is -2.26. The van der Waals surface area contributed by atoms with E-state index >= 15 is 0 Å². The summed E-state index contributed by atoms with van der Waals surface area (Å²) in [6.07, 6.45) is 1.64. The van der Waals surface area contributed by atoms with Crippen LogP contribution in [0, 0.1) is 5.92 Å². The minimum Gasteiger partial charge on any atom is -0.492 e. The lowest BCUT2D eigenvalue weighted by molar-refractivity contribution is 0.0962. The Morgan fingerprint density at radius 3 is 2.71 bits per heavy atom. The molecule has 0 aliphatic rings. The first-order chi connectivity index (χ1) is 9.96. The average Bonchev–Trinajstić information content (AvgIpc) is 2.78. The van der Waals surface area contributed by atoms with E-state index < -0.39 is 0 Å². The summed E-state index contributed by atoms with van der Waals surface area (Å²) < 4.78 is 5.42. The van der Waals surface area contributed by atoms with Crippen LogP contribution in [-0.4, -0.2) is 32.7 Å². The number of nitrogen functional groups attached to an aromatic ring is 1. The number of nitrogens with one attached hydrogen (secondary N) is 1. The van der Waals surface area contributed by atoms with Crippen LogP contribution in [0.4, 0.5) is 10.7 Å². The third-order valence-corrected chi connectivity index (χ3v) is 4.20. The Labute approximate surface area is 130 Å². The lowest BCUT2D eigenvalue weighted by Gasteiger charge is -2.24. The number of thiophene rings is 1. The Balaban J connectivity index is 3.14. The average molecular weight is 311 g/mol. The molecule has 1 aromatic heterocycles. The van der Waals surface area contributed by atoms with Gasteiger partial charge in [-0.25, -0.2) is 0 Å². The highest BCUT2D eigenvalue weighted by Crippen LogP contribution is 2.44. The summed E-state index contributed by atoms with van der Waals surface area (Å²) in [7, 11) is 1.58. The van der Waals surface area contributed by atoms with Crippen LogP contribution in [0.5, 0.6) is 5.75 Å². The van der Waals surface area contributed by atoms with Crippen LogP contribution in [0.1, 0.15) is 30.4 Å². The quantitative estimate of drug-likeness (QED) is 0.724. The Hall–Kier alpha value is -1.69. The van der Waals surface area contributed by atoms with Crippen molar-refractivity contribution in [1.29, 1.82) is 0 Å². The van der Waals surface area contributed by atoms with E-state index in [0.717, 1.165) is 18.1 Å². The molecule has 0 atom stereocenters. The van der Waals surface area contributed by atoms with Gasteiger partial charge in [0.25, 0.3) is 5.91 Å². The van der Waals surface area contributed by atoms with E-state index in [4.69, 9.17) is 10.5 Å². The van der Waals surface area contributed by atoms with E-state index in [1.807, 2.05) is 0 Å². The molecule has 0 saturated carbocycles. The molecule has 118 valence electrons. The lowest BCUT2D eigenvalue weighted by atomic mass is 10.2. The number of rotatable bonds is 8. The van der Waals surface area contributed by atoms with Gasteiger partial charge in [0.05, 0.1) is 7.11 Å². The molecule has 6 heteroatoms. The smallest absolute Gasteiger partial charge is 0.263 e. The second-order valence-corrected chi connectivity index (χ2v) is 6.11. The fraction of sp³-hybridized carbons (Fsp3) is 0.533. The number of amides is 1. The third kappa shape index (κ3) is 4.14. The molecule has 1 aromatic rings. The standard InChI is InChI=1S/C15H25N3O2S/c1-6-8-17-14(19)13-11(16)12(20-5)15(21-13)18(7-2)9-10(3)4/h6,10H,1,7-9,16H2,2-5H3,(H,17,19). The first-order valence-electron chi connectivity index (χ1n) is 7.06. The van der Waals surface area contributed by atoms with Gasteiger partial charge < -0.3 is 20.7 Å². The number of anilines is 2. The van der Waals surface area contributed by atoms with E-state index in [1.54, 1.807) is 13.2 Å². The van der Waals surface area contributed by atoms with Crippen molar-refractivity contribution < 1.29 is 9.53 Å². The maximum absolute atomic E-state index is 12.1. The molecule has 0 radical (unpaired) electrons. The zero-order chi connectivity index (χ0) is 16.0. The summed E-state index contributed by atoms with van der Waals surface area (Å²) in [6.45, 7) is 12.1. The van der Waals surface area contributed by atoms with Crippen LogP contribution in [0.15, 0.2) is 12.7 Å². The number of hydrogen-bond donors (Lipinski definition) is 2. The normalized spacial score (nSPS) is 10.5. The van der Waals surface area contributed by atoms with Gasteiger partial charge in [-0.1, -0.05) is 19.9 Å². The summed E-state index contributed by atoms with van der Waals surface area (Å²) in [5.74, 6) is 0.907. The van der Waals surface area contributed by atoms with Crippen molar-refractivity contribution in [2.45, 2.75) is 20.8 Å². The largest absolute Gasteiger partial charge is 0.492 e. The van der Waals surface area contributed by atoms with Gasteiger partial charge in [-0.3, -0.25) is 4.79 Å². The van der Waals surface area contributed by atoms with Crippen LogP contribution in [0.3, 0.4) is 0 Å². The van der Waals surface area contributed by atoms with Gasteiger partial charge in [-0.2, -0.15) is 0 Å². The number of nitrogens with two attached hydrogens (primary N) is 1. The molecule has 21 heavy (non-hydrogen) atoms. The van der Waals surface area contributed by atoms with E-state index in [1.165, 1.54) is 11.3 Å². The van der Waals surface area contributed by atoms with Crippen molar-refractivity contribution in [2.24, 2.45) is 5.92 Å². The Morgan fingerprint density at radius 1 is 1.57 bits per heavy atom. The van der Waals surface area contributed by atoms with Crippen LogP contribution in [0.25, 0.3) is 0 Å². The van der Waals surface area contributed by atoms with Crippen molar-refractivity contribution >= 4 is 27.9 Å². The molecule has 0 aromatic carbocycles. The minimum atomic E-state index is -0.192. The number of nitrogens with zero attached hydrogens (tertiary/aromatic N) is 1. The molecule has 0 unspecified atom stereocenters. The maximum Gasteiger partial charge on any atom is 0.263 e. The molecule has 0 spiro atoms. The monoisotopic (exact) mass is 311 g/mol. The van der Waals surface area contributed by atoms with Crippen LogP contribution in [-0.2, 0) is 0 Å². The number of methoxy groups -OCH3 is 1. The van der Waals surface area contributed by atoms with Gasteiger partial charge in [0.15, 0.2) is 5.75 Å². The highest BCUT2D eigenvalue weighted by molar-refractivity contribution is 7.19. The van der Waals surface area contributed by atoms with E-state index in [0.29, 0.717) is 28.8 Å². The topological polar surface area (TPSA) is 67.6 Å². The van der Waals surface area contributed by atoms with Gasteiger partial charge >= 0.3 is 0 Å². The molecule has 1 heterocycles. The van der Waals surface area contributed by atoms with Crippen molar-refractivity contribution in [3.8, 4) is 5.75 Å². The molecule has 5 nitrogen and oxygen atoms in total. The summed E-state index contributed by atoms with van der Waals surface area (Å²) >= 11 is 1.37. The van der Waals surface area contributed by atoms with Crippen molar-refractivity contribution in [3.05, 3.63) is 17.5 Å². The van der Waals surface area contributed by atoms with Crippen molar-refractivity contribution in [3.63, 3.8) is 0 Å². The third-order valence-electron chi connectivity index (χ3n) is 2.95. The Kier molecular flexibility index (Phi) is 6.55. The Bertz CT molecular complexity index is 497. The van der Waals surface area contributed by atoms with Gasteiger partial charge in [0.1, 0.15) is 15.6 Å². The molecular weight excluding hydrogens is 286 g/mol. The molecular formula is C15H25N3O2S. The molecule has 0 fully saturated rings. The number of carbonyl (C=O) groups is 1. The molecule has 0 aliphatic carbocycles. The van der Waals surface area contributed by atoms with Crippen LogP contribution in [0.2, 0.25) is 0 Å². The first kappa shape index (κ1) is 17.4. The first-order valence-corrected chi connectivity index (χ1v) is 7.88. The second kappa shape index (κ2) is 7.93. The fourth-order valence-electron chi connectivity index (χ4n) is 2.03. The molecule has 0 aliphatic heterocycles. The highest BCUT2D eigenvalue weighted by atomic mass is 32.1. The minimum absolute atomic E-state index is 0.192. The van der Waals surface area contributed by atoms with Crippen LogP contribution < -0.4 is 20.7 Å². The second-order valence-electron chi connectivity index (χ2n) is 5.11. The van der Waals surface area contributed by atoms with Gasteiger partial charge in [-0.15, -0.1) is 17.9 Å². The Morgan fingerprint density at radius 2 is 2.24 bits per heavy atom. The van der Waals surface area contributed by atoms with E-state index in [2.05, 4.69) is 37.6 Å². The molecule has 1 amide bonds. The van der Waals surface area contributed by atoms with Crippen molar-refractivity contribution in [1.82, 2.24) is 5.32 Å². The molecule has 3 N–H and O–H groups in total. The zero-order valence-corrected chi connectivity index (χ0v) is 14.0. The molecule has 0 bridgehead atoms. The van der Waals surface area contributed by atoms with E-state index in [9.17, 15) is 4.79 Å². The van der Waals surface area contributed by atoms with Gasteiger partial charge in [0, 0.05) is 19.6 Å². The number of hydrogen-bond acceptors (Lipinski definition) is 5. The summed E-state index contributed by atoms with van der Waals surface area (Å²) in [5, 5.41) is 3.66. The predicted molar refractivity (Wildman–Crippen MR) is 90.5 cm³/mol. The fourth-order valence-corrected chi connectivity index (χ4v) is 3.21.